The number of aromatic nitrogens is 2. The molecule has 0 saturated heterocycles. The van der Waals surface area contributed by atoms with Crippen molar-refractivity contribution in [2.45, 2.75) is 0 Å². The highest BCUT2D eigenvalue weighted by molar-refractivity contribution is 6.33. The Morgan fingerprint density at radius 2 is 2.29 bits per heavy atom. The van der Waals surface area contributed by atoms with E-state index in [1.54, 1.807) is 0 Å². The first-order valence-electron chi connectivity index (χ1n) is 1.58. The lowest BCUT2D eigenvalue weighted by atomic mass is 10.8. The van der Waals surface area contributed by atoms with Crippen molar-refractivity contribution in [1.82, 2.24) is 10.2 Å². The Kier molecular flexibility index (Phi) is 1.21. The number of nitrogens with zero attached hydrogens (tertiary/aromatic N) is 1. The maximum Gasteiger partial charge on any atom is 0.160 e. The quantitative estimate of drug-likeness (QED) is 0.575. The summed E-state index contributed by atoms with van der Waals surface area (Å²) in [6, 6.07) is 2.50. The molecule has 0 aromatic carbocycles. The minimum atomic E-state index is 0.269. The number of hydrogen-bond donors (Lipinski definition) is 1. The van der Waals surface area contributed by atoms with Crippen LogP contribution in [0.2, 0.25) is 10.3 Å². The van der Waals surface area contributed by atoms with Gasteiger partial charge in [-0.05, 0) is 0 Å². The highest BCUT2D eigenvalue weighted by Gasteiger charge is 1.90. The lowest BCUT2D eigenvalue weighted by Gasteiger charge is -1.63. The standard InChI is InChI=1S/C3HCl2N2/c4-2-1-3(5)7-6-2/h(H,6,7). The molecular weight excluding hydrogens is 135 g/mol. The molecule has 0 saturated carbocycles. The van der Waals surface area contributed by atoms with Crippen molar-refractivity contribution in [3.63, 3.8) is 0 Å². The van der Waals surface area contributed by atoms with Gasteiger partial charge < -0.3 is 0 Å². The molecule has 0 aliphatic heterocycles. The number of halogens is 2. The summed E-state index contributed by atoms with van der Waals surface area (Å²) >= 11 is 10.6. The first kappa shape index (κ1) is 4.94. The minimum absolute atomic E-state index is 0.269. The molecular formula is C3HCl2N2. The molecule has 0 unspecified atom stereocenters. The third kappa shape index (κ3) is 1.08. The predicted octanol–water partition coefficient (Wildman–Crippen LogP) is 1.52. The summed E-state index contributed by atoms with van der Waals surface area (Å²) in [4.78, 5) is 0. The van der Waals surface area contributed by atoms with Gasteiger partial charge in [0.25, 0.3) is 0 Å². The molecule has 0 fully saturated rings. The molecule has 4 heteroatoms. The molecule has 1 N–H and O–H groups in total. The van der Waals surface area contributed by atoms with E-state index < -0.39 is 0 Å². The van der Waals surface area contributed by atoms with Gasteiger partial charge in [0.2, 0.25) is 0 Å². The summed E-state index contributed by atoms with van der Waals surface area (Å²) in [5, 5.41) is 6.47. The van der Waals surface area contributed by atoms with E-state index in [9.17, 15) is 0 Å². The van der Waals surface area contributed by atoms with Crippen LogP contribution in [-0.4, -0.2) is 10.2 Å². The Morgan fingerprint density at radius 3 is 2.43 bits per heavy atom. The van der Waals surface area contributed by atoms with Gasteiger partial charge in [-0.3, -0.25) is 5.10 Å². The van der Waals surface area contributed by atoms with E-state index in [2.05, 4.69) is 16.3 Å². The van der Waals surface area contributed by atoms with Crippen LogP contribution in [0.15, 0.2) is 0 Å². The van der Waals surface area contributed by atoms with Gasteiger partial charge in [0.15, 0.2) is 5.15 Å². The van der Waals surface area contributed by atoms with Crippen LogP contribution in [0.25, 0.3) is 0 Å². The summed E-state index contributed by atoms with van der Waals surface area (Å²) in [5.74, 6) is 0. The summed E-state index contributed by atoms with van der Waals surface area (Å²) in [7, 11) is 0. The molecule has 1 heterocycles. The van der Waals surface area contributed by atoms with Crippen LogP contribution in [0.4, 0.5) is 0 Å². The fourth-order valence-corrected chi connectivity index (χ4v) is 0.561. The third-order valence-electron chi connectivity index (χ3n) is 0.465. The van der Waals surface area contributed by atoms with Crippen LogP contribution in [-0.2, 0) is 0 Å². The lowest BCUT2D eigenvalue weighted by molar-refractivity contribution is 1.09. The molecule has 1 rings (SSSR count). The molecule has 0 bridgehead atoms. The minimum Gasteiger partial charge on any atom is -0.265 e. The van der Waals surface area contributed by atoms with Gasteiger partial charge in [-0.2, -0.15) is 5.10 Å². The van der Waals surface area contributed by atoms with E-state index in [0.29, 0.717) is 5.15 Å². The van der Waals surface area contributed by atoms with Gasteiger partial charge in [-0.1, -0.05) is 23.2 Å². The zero-order valence-corrected chi connectivity index (χ0v) is 4.72. The van der Waals surface area contributed by atoms with Crippen molar-refractivity contribution in [1.29, 1.82) is 0 Å². The summed E-state index contributed by atoms with van der Waals surface area (Å²) in [6.45, 7) is 0. The number of nitrogens with one attached hydrogen (secondary N) is 1. The second-order valence-electron chi connectivity index (χ2n) is 0.953. The van der Waals surface area contributed by atoms with Gasteiger partial charge in [0.1, 0.15) is 5.15 Å². The Bertz CT molecular complexity index is 143. The van der Waals surface area contributed by atoms with Crippen LogP contribution in [0.1, 0.15) is 0 Å². The van der Waals surface area contributed by atoms with Crippen molar-refractivity contribution >= 4 is 23.2 Å². The summed E-state index contributed by atoms with van der Waals surface area (Å²) in [5.41, 5.74) is 0. The highest BCUT2D eigenvalue weighted by Crippen LogP contribution is 2.07. The molecule has 0 aliphatic carbocycles. The van der Waals surface area contributed by atoms with Crippen LogP contribution >= 0.6 is 23.2 Å². The zero-order chi connectivity index (χ0) is 5.28. The normalized spacial score (nSPS) is 9.43. The SMILES string of the molecule is Clc1[c]c(Cl)[nH]n1. The Balaban J connectivity index is 3.04. The van der Waals surface area contributed by atoms with Crippen molar-refractivity contribution < 1.29 is 0 Å². The van der Waals surface area contributed by atoms with Gasteiger partial charge in [-0.15, -0.1) is 0 Å². The number of rotatable bonds is 0. The molecule has 0 amide bonds. The maximum absolute atomic E-state index is 5.30. The fourth-order valence-electron chi connectivity index (χ4n) is 0.245. The van der Waals surface area contributed by atoms with Crippen LogP contribution in [0.3, 0.4) is 0 Å². The molecule has 37 valence electrons. The molecule has 0 aliphatic rings. The maximum atomic E-state index is 5.30. The average Bonchev–Trinajstić information content (AvgIpc) is 1.87. The molecule has 7 heavy (non-hydrogen) atoms. The second kappa shape index (κ2) is 1.72. The summed E-state index contributed by atoms with van der Waals surface area (Å²) in [6.07, 6.45) is 0. The number of H-pyrrole nitrogens is 1. The lowest BCUT2D eigenvalue weighted by Crippen LogP contribution is -1.61. The molecule has 1 radical (unpaired) electrons. The number of hydrogen-bond acceptors (Lipinski definition) is 1. The van der Waals surface area contributed by atoms with E-state index in [0.717, 1.165) is 0 Å². The van der Waals surface area contributed by atoms with Crippen molar-refractivity contribution in [3.05, 3.63) is 16.4 Å². The van der Waals surface area contributed by atoms with Gasteiger partial charge >= 0.3 is 0 Å². The van der Waals surface area contributed by atoms with Gasteiger partial charge in [0.05, 0.1) is 6.07 Å². The number of aromatic amines is 1. The fraction of sp³-hybridized carbons (Fsp3) is 0. The predicted molar refractivity (Wildman–Crippen MR) is 27.4 cm³/mol. The van der Waals surface area contributed by atoms with Gasteiger partial charge in [-0.25, -0.2) is 0 Å². The van der Waals surface area contributed by atoms with Crippen LogP contribution < -0.4 is 0 Å². The van der Waals surface area contributed by atoms with Crippen LogP contribution in [0, 0.1) is 6.07 Å². The third-order valence-corrected chi connectivity index (χ3v) is 0.823. The molecule has 1 aromatic heterocycles. The summed E-state index contributed by atoms with van der Waals surface area (Å²) < 4.78 is 0. The van der Waals surface area contributed by atoms with E-state index >= 15 is 0 Å². The average molecular weight is 136 g/mol. The van der Waals surface area contributed by atoms with E-state index in [1.165, 1.54) is 0 Å². The molecule has 0 spiro atoms. The van der Waals surface area contributed by atoms with Crippen molar-refractivity contribution in [3.8, 4) is 0 Å². The van der Waals surface area contributed by atoms with Gasteiger partial charge in [0, 0.05) is 0 Å². The largest absolute Gasteiger partial charge is 0.265 e. The molecule has 1 aromatic rings. The van der Waals surface area contributed by atoms with Crippen molar-refractivity contribution in [2.24, 2.45) is 0 Å². The smallest absolute Gasteiger partial charge is 0.160 e. The second-order valence-corrected chi connectivity index (χ2v) is 1.69. The van der Waals surface area contributed by atoms with Crippen molar-refractivity contribution in [2.75, 3.05) is 0 Å². The molecule has 2 nitrogen and oxygen atoms in total. The van der Waals surface area contributed by atoms with E-state index in [1.807, 2.05) is 0 Å². The zero-order valence-electron chi connectivity index (χ0n) is 3.20. The van der Waals surface area contributed by atoms with E-state index in [-0.39, 0.29) is 5.15 Å². The van der Waals surface area contributed by atoms with E-state index in [4.69, 9.17) is 23.2 Å². The van der Waals surface area contributed by atoms with Crippen LogP contribution in [0.5, 0.6) is 0 Å². The topological polar surface area (TPSA) is 28.7 Å². The highest BCUT2D eigenvalue weighted by atomic mass is 35.5. The Morgan fingerprint density at radius 1 is 1.57 bits per heavy atom. The first-order chi connectivity index (χ1) is 3.29. The monoisotopic (exact) mass is 135 g/mol. The Hall–Kier alpha value is -0.210. The Labute approximate surface area is 50.4 Å². The molecule has 0 atom stereocenters. The first-order valence-corrected chi connectivity index (χ1v) is 2.33.